The van der Waals surface area contributed by atoms with Crippen molar-refractivity contribution in [2.24, 2.45) is 0 Å². The summed E-state index contributed by atoms with van der Waals surface area (Å²) < 4.78 is 5.01. The summed E-state index contributed by atoms with van der Waals surface area (Å²) in [6.45, 7) is 14.3. The van der Waals surface area contributed by atoms with E-state index in [-0.39, 0.29) is 0 Å². The van der Waals surface area contributed by atoms with Crippen LogP contribution >= 0.6 is 22.7 Å². The summed E-state index contributed by atoms with van der Waals surface area (Å²) in [7, 11) is 0. The third kappa shape index (κ3) is 12.1. The molecule has 0 unspecified atom stereocenters. The second-order valence-corrected chi connectivity index (χ2v) is 26.6. The quantitative estimate of drug-likeness (QED) is 0.0988. The van der Waals surface area contributed by atoms with E-state index in [2.05, 4.69) is 88.5 Å². The van der Waals surface area contributed by atoms with Crippen LogP contribution in [0.25, 0.3) is 9.75 Å². The normalized spacial score (nSPS) is 12.5. The molecule has 38 heavy (non-hydrogen) atoms. The molecule has 0 spiro atoms. The van der Waals surface area contributed by atoms with Gasteiger partial charge in [0.05, 0.1) is 0 Å². The Labute approximate surface area is 266 Å². The van der Waals surface area contributed by atoms with Gasteiger partial charge in [0.1, 0.15) is 0 Å². The van der Waals surface area contributed by atoms with Gasteiger partial charge in [-0.2, -0.15) is 0 Å². The molecule has 0 amide bonds. The average Bonchev–Trinajstić information content (AvgIpc) is 3.59. The number of rotatable bonds is 23. The first kappa shape index (κ1) is 35.2. The Morgan fingerprint density at radius 1 is 0.447 bits per heavy atom. The van der Waals surface area contributed by atoms with E-state index in [1.807, 2.05) is 5.79 Å². The van der Waals surface area contributed by atoms with Gasteiger partial charge in [0.25, 0.3) is 0 Å². The zero-order valence-electron chi connectivity index (χ0n) is 25.9. The van der Waals surface area contributed by atoms with Gasteiger partial charge in [0, 0.05) is 0 Å². The molecule has 2 rings (SSSR count). The van der Waals surface area contributed by atoms with Crippen LogP contribution in [0.3, 0.4) is 0 Å². The Hall–Kier alpha value is 0.997. The van der Waals surface area contributed by atoms with Crippen molar-refractivity contribution in [3.05, 3.63) is 24.3 Å². The SMILES string of the molecule is CCCC[C](CCCC)(CCCC)[Sn][c]1ccc(-c2cc[c]([Sn][C](CCCC)(CCCC)CCCC)s2)s1. The zero-order valence-corrected chi connectivity index (χ0v) is 33.2. The van der Waals surface area contributed by atoms with Crippen LogP contribution in [-0.4, -0.2) is 42.3 Å². The summed E-state index contributed by atoms with van der Waals surface area (Å²) in [5.41, 5.74) is 0. The number of hydrogen-bond acceptors (Lipinski definition) is 2. The molecule has 0 saturated heterocycles. The fraction of sp³-hybridized carbons (Fsp3) is 0.765. The molecule has 0 nitrogen and oxygen atoms in total. The summed E-state index contributed by atoms with van der Waals surface area (Å²) in [5.74, 6) is 0. The van der Waals surface area contributed by atoms with Gasteiger partial charge in [0.2, 0.25) is 0 Å². The van der Waals surface area contributed by atoms with Gasteiger partial charge in [-0.05, 0) is 0 Å². The molecule has 2 aromatic heterocycles. The van der Waals surface area contributed by atoms with E-state index in [0.717, 1.165) is 0 Å². The monoisotopic (exact) mass is 770 g/mol. The molecule has 0 aliphatic heterocycles. The van der Waals surface area contributed by atoms with Crippen molar-refractivity contribution in [3.63, 3.8) is 0 Å². The molecule has 0 bridgehead atoms. The molecule has 0 saturated carbocycles. The van der Waals surface area contributed by atoms with E-state index in [9.17, 15) is 0 Å². The second kappa shape index (κ2) is 20.0. The van der Waals surface area contributed by atoms with Crippen LogP contribution in [0, 0.1) is 0 Å². The van der Waals surface area contributed by atoms with Gasteiger partial charge in [-0.15, -0.1) is 0 Å². The molecule has 4 heteroatoms. The maximum absolute atomic E-state index is 2.57. The first-order chi connectivity index (χ1) is 18.5. The molecule has 2 aromatic rings. The summed E-state index contributed by atoms with van der Waals surface area (Å²) in [6.07, 6.45) is 25.7. The average molecular weight is 768 g/mol. The molecule has 0 N–H and O–H groups in total. The molecular formula is C34H58S2Sn2. The van der Waals surface area contributed by atoms with Gasteiger partial charge in [-0.3, -0.25) is 0 Å². The van der Waals surface area contributed by atoms with Crippen LogP contribution in [0.1, 0.15) is 157 Å². The standard InChI is InChI=1S/2C13H27.C8H4S2.2Sn/c2*1-4-7-10-13(11-8-5-2)12-9-6-3;1-3-7(9-5-1)8-4-2-6-10-8;;/h2*4-12H2,1-3H3;1-4H;;. The molecule has 2 heterocycles. The molecule has 214 valence electrons. The van der Waals surface area contributed by atoms with E-state index in [4.69, 9.17) is 0 Å². The first-order valence-electron chi connectivity index (χ1n) is 16.3. The van der Waals surface area contributed by atoms with Crippen molar-refractivity contribution in [3.8, 4) is 9.75 Å². The van der Waals surface area contributed by atoms with Crippen LogP contribution in [0.4, 0.5) is 0 Å². The van der Waals surface area contributed by atoms with Gasteiger partial charge in [0.15, 0.2) is 0 Å². The molecule has 0 fully saturated rings. The summed E-state index contributed by atoms with van der Waals surface area (Å²) in [5, 5.41) is 0. The fourth-order valence-electron chi connectivity index (χ4n) is 5.81. The van der Waals surface area contributed by atoms with Crippen LogP contribution in [0.5, 0.6) is 0 Å². The Bertz CT molecular complexity index is 738. The van der Waals surface area contributed by atoms with Crippen molar-refractivity contribution in [2.75, 3.05) is 0 Å². The second-order valence-electron chi connectivity index (χ2n) is 11.8. The van der Waals surface area contributed by atoms with Crippen molar-refractivity contribution in [1.29, 1.82) is 0 Å². The zero-order chi connectivity index (χ0) is 27.7. The van der Waals surface area contributed by atoms with Crippen LogP contribution in [0.15, 0.2) is 24.3 Å². The van der Waals surface area contributed by atoms with Gasteiger partial charge in [-0.25, -0.2) is 0 Å². The predicted molar refractivity (Wildman–Crippen MR) is 181 cm³/mol. The Kier molecular flexibility index (Phi) is 18.5. The van der Waals surface area contributed by atoms with Crippen molar-refractivity contribution in [2.45, 2.75) is 164 Å². The molecular weight excluding hydrogens is 710 g/mol. The number of hydrogen-bond donors (Lipinski definition) is 0. The minimum atomic E-state index is -0.617. The van der Waals surface area contributed by atoms with Crippen molar-refractivity contribution < 1.29 is 0 Å². The van der Waals surface area contributed by atoms with Crippen LogP contribution < -0.4 is 5.79 Å². The molecule has 0 aromatic carbocycles. The molecule has 0 aliphatic carbocycles. The molecule has 0 aliphatic rings. The third-order valence-electron chi connectivity index (χ3n) is 8.28. The van der Waals surface area contributed by atoms with Crippen molar-refractivity contribution in [1.82, 2.24) is 0 Å². The van der Waals surface area contributed by atoms with Crippen LogP contribution in [0.2, 0.25) is 6.86 Å². The number of thiophene rings is 2. The fourth-order valence-corrected chi connectivity index (χ4v) is 22.3. The Morgan fingerprint density at radius 3 is 0.947 bits per heavy atom. The van der Waals surface area contributed by atoms with Gasteiger partial charge >= 0.3 is 269 Å². The van der Waals surface area contributed by atoms with Gasteiger partial charge in [-0.1, -0.05) is 0 Å². The summed E-state index contributed by atoms with van der Waals surface area (Å²) >= 11 is 3.15. The summed E-state index contributed by atoms with van der Waals surface area (Å²) in [6, 6.07) is 10.1. The Balaban J connectivity index is 2.22. The molecule has 4 radical (unpaired) electrons. The van der Waals surface area contributed by atoms with E-state index in [1.165, 1.54) is 116 Å². The minimum absolute atomic E-state index is 0.617. The maximum atomic E-state index is 2.57. The summed E-state index contributed by atoms with van der Waals surface area (Å²) in [4.78, 5) is 3.15. The first-order valence-corrected chi connectivity index (χ1v) is 23.6. The predicted octanol–water partition coefficient (Wildman–Crippen LogP) is 11.6. The van der Waals surface area contributed by atoms with E-state index < -0.39 is 42.3 Å². The third-order valence-corrected chi connectivity index (χ3v) is 23.1. The van der Waals surface area contributed by atoms with Crippen LogP contribution in [-0.2, 0) is 0 Å². The van der Waals surface area contributed by atoms with E-state index in [1.54, 1.807) is 9.75 Å². The van der Waals surface area contributed by atoms with E-state index in [0.29, 0.717) is 6.86 Å². The molecule has 0 atom stereocenters. The Morgan fingerprint density at radius 2 is 0.711 bits per heavy atom. The topological polar surface area (TPSA) is 0 Å². The van der Waals surface area contributed by atoms with E-state index >= 15 is 0 Å². The van der Waals surface area contributed by atoms with Crippen molar-refractivity contribution >= 4 is 70.7 Å². The number of unbranched alkanes of at least 4 members (excludes halogenated alkanes) is 6. The van der Waals surface area contributed by atoms with Gasteiger partial charge < -0.3 is 0 Å².